The zero-order chi connectivity index (χ0) is 13.7. The zero-order valence-corrected chi connectivity index (χ0v) is 11.9. The molecule has 0 aromatic heterocycles. The highest BCUT2D eigenvalue weighted by molar-refractivity contribution is 5.94. The first-order chi connectivity index (χ1) is 9.26. The van der Waals surface area contributed by atoms with Gasteiger partial charge in [-0.05, 0) is 51.0 Å². The largest absolute Gasteiger partial charge is 0.494 e. The van der Waals surface area contributed by atoms with Gasteiger partial charge in [0.15, 0.2) is 0 Å². The number of benzene rings is 1. The molecule has 0 atom stereocenters. The van der Waals surface area contributed by atoms with Gasteiger partial charge in [0.1, 0.15) is 5.75 Å². The van der Waals surface area contributed by atoms with Gasteiger partial charge in [-0.3, -0.25) is 4.79 Å². The van der Waals surface area contributed by atoms with Crippen molar-refractivity contribution in [3.8, 4) is 5.75 Å². The Bertz CT molecular complexity index is 407. The summed E-state index contributed by atoms with van der Waals surface area (Å²) >= 11 is 0. The lowest BCUT2D eigenvalue weighted by molar-refractivity contribution is 0.0693. The molecule has 104 valence electrons. The van der Waals surface area contributed by atoms with Gasteiger partial charge in [0, 0.05) is 18.2 Å². The van der Waals surface area contributed by atoms with Gasteiger partial charge in [-0.1, -0.05) is 12.8 Å². The average molecular weight is 261 g/mol. The summed E-state index contributed by atoms with van der Waals surface area (Å²) in [7, 11) is 0. The first-order valence-corrected chi connectivity index (χ1v) is 7.30. The molecule has 1 aromatic carbocycles. The molecule has 1 amide bonds. The predicted octanol–water partition coefficient (Wildman–Crippen LogP) is 3.49. The van der Waals surface area contributed by atoms with Crippen molar-refractivity contribution in [2.45, 2.75) is 45.6 Å². The fraction of sp³-hybridized carbons (Fsp3) is 0.562. The van der Waals surface area contributed by atoms with Crippen LogP contribution in [0.15, 0.2) is 24.3 Å². The number of rotatable bonds is 5. The van der Waals surface area contributed by atoms with E-state index >= 15 is 0 Å². The van der Waals surface area contributed by atoms with Crippen molar-refractivity contribution in [3.63, 3.8) is 0 Å². The van der Waals surface area contributed by atoms with Crippen LogP contribution in [-0.2, 0) is 0 Å². The molecule has 0 unspecified atom stereocenters. The number of amides is 1. The highest BCUT2D eigenvalue weighted by Gasteiger charge is 2.25. The molecule has 0 spiro atoms. The van der Waals surface area contributed by atoms with Crippen molar-refractivity contribution in [1.29, 1.82) is 0 Å². The molecule has 0 radical (unpaired) electrons. The smallest absolute Gasteiger partial charge is 0.254 e. The van der Waals surface area contributed by atoms with Gasteiger partial charge in [0.05, 0.1) is 6.61 Å². The van der Waals surface area contributed by atoms with Gasteiger partial charge in [-0.2, -0.15) is 0 Å². The Morgan fingerprint density at radius 3 is 2.37 bits per heavy atom. The molecule has 0 N–H and O–H groups in total. The van der Waals surface area contributed by atoms with Crippen LogP contribution in [0.4, 0.5) is 0 Å². The lowest BCUT2D eigenvalue weighted by atomic mass is 10.1. The Morgan fingerprint density at radius 2 is 1.84 bits per heavy atom. The number of hydrogen-bond acceptors (Lipinski definition) is 2. The molecule has 2 rings (SSSR count). The van der Waals surface area contributed by atoms with E-state index in [1.807, 2.05) is 36.1 Å². The fourth-order valence-corrected chi connectivity index (χ4v) is 2.81. The minimum Gasteiger partial charge on any atom is -0.494 e. The molecule has 3 nitrogen and oxygen atoms in total. The van der Waals surface area contributed by atoms with Crippen molar-refractivity contribution in [1.82, 2.24) is 4.90 Å². The lowest BCUT2D eigenvalue weighted by Crippen LogP contribution is -2.38. The summed E-state index contributed by atoms with van der Waals surface area (Å²) in [6, 6.07) is 7.91. The second kappa shape index (κ2) is 6.60. The first-order valence-electron chi connectivity index (χ1n) is 7.30. The van der Waals surface area contributed by atoms with Crippen LogP contribution in [-0.4, -0.2) is 30.0 Å². The highest BCUT2D eigenvalue weighted by atomic mass is 16.5. The Morgan fingerprint density at radius 1 is 1.21 bits per heavy atom. The lowest BCUT2D eigenvalue weighted by Gasteiger charge is -2.27. The van der Waals surface area contributed by atoms with Crippen LogP contribution in [0.25, 0.3) is 0 Å². The molecule has 0 saturated heterocycles. The van der Waals surface area contributed by atoms with Crippen LogP contribution in [0.1, 0.15) is 49.9 Å². The molecule has 19 heavy (non-hydrogen) atoms. The van der Waals surface area contributed by atoms with Crippen molar-refractivity contribution in [3.05, 3.63) is 29.8 Å². The minimum atomic E-state index is 0.150. The standard InChI is InChI=1S/C16H23NO2/c1-3-17(14-7-5-6-8-14)16(18)13-9-11-15(12-10-13)19-4-2/h9-12,14H,3-8H2,1-2H3. The topological polar surface area (TPSA) is 29.5 Å². The molecule has 1 fully saturated rings. The number of ether oxygens (including phenoxy) is 1. The van der Waals surface area contributed by atoms with Crippen LogP contribution in [0.2, 0.25) is 0 Å². The third-order valence-corrected chi connectivity index (χ3v) is 3.78. The maximum absolute atomic E-state index is 12.5. The molecule has 3 heteroatoms. The van der Waals surface area contributed by atoms with Crippen molar-refractivity contribution in [2.75, 3.05) is 13.2 Å². The number of nitrogens with zero attached hydrogens (tertiary/aromatic N) is 1. The zero-order valence-electron chi connectivity index (χ0n) is 11.9. The number of hydrogen-bond donors (Lipinski definition) is 0. The van der Waals surface area contributed by atoms with Gasteiger partial charge in [-0.25, -0.2) is 0 Å². The number of carbonyl (C=O) groups excluding carboxylic acids is 1. The molecule has 1 aliphatic rings. The maximum atomic E-state index is 12.5. The van der Waals surface area contributed by atoms with E-state index in [9.17, 15) is 4.79 Å². The molecule has 0 aliphatic heterocycles. The summed E-state index contributed by atoms with van der Waals surface area (Å²) in [5, 5.41) is 0. The van der Waals surface area contributed by atoms with E-state index in [2.05, 4.69) is 6.92 Å². The summed E-state index contributed by atoms with van der Waals surface area (Å²) in [6.45, 7) is 5.45. The summed E-state index contributed by atoms with van der Waals surface area (Å²) in [5.74, 6) is 0.973. The number of carbonyl (C=O) groups is 1. The van der Waals surface area contributed by atoms with Gasteiger partial charge >= 0.3 is 0 Å². The second-order valence-corrected chi connectivity index (χ2v) is 4.99. The predicted molar refractivity (Wildman–Crippen MR) is 76.6 cm³/mol. The maximum Gasteiger partial charge on any atom is 0.254 e. The van der Waals surface area contributed by atoms with Crippen molar-refractivity contribution >= 4 is 5.91 Å². The molecular weight excluding hydrogens is 238 g/mol. The Balaban J connectivity index is 2.08. The highest BCUT2D eigenvalue weighted by Crippen LogP contribution is 2.25. The van der Waals surface area contributed by atoms with E-state index in [1.54, 1.807) is 0 Å². The van der Waals surface area contributed by atoms with E-state index < -0.39 is 0 Å². The van der Waals surface area contributed by atoms with Crippen molar-refractivity contribution < 1.29 is 9.53 Å². The fourth-order valence-electron chi connectivity index (χ4n) is 2.81. The quantitative estimate of drug-likeness (QED) is 0.812. The van der Waals surface area contributed by atoms with E-state index in [0.29, 0.717) is 12.6 Å². The molecule has 1 aliphatic carbocycles. The first kappa shape index (κ1) is 13.9. The van der Waals surface area contributed by atoms with Crippen LogP contribution in [0.3, 0.4) is 0 Å². The Hall–Kier alpha value is -1.51. The SMILES string of the molecule is CCOc1ccc(C(=O)N(CC)C2CCCC2)cc1. The van der Waals surface area contributed by atoms with Crippen LogP contribution < -0.4 is 4.74 Å². The summed E-state index contributed by atoms with van der Waals surface area (Å²) in [4.78, 5) is 14.5. The van der Waals surface area contributed by atoms with Crippen LogP contribution >= 0.6 is 0 Å². The molecule has 0 bridgehead atoms. The van der Waals surface area contributed by atoms with E-state index in [1.165, 1.54) is 12.8 Å². The van der Waals surface area contributed by atoms with Gasteiger partial charge in [0.2, 0.25) is 0 Å². The molecule has 1 saturated carbocycles. The van der Waals surface area contributed by atoms with E-state index in [0.717, 1.165) is 30.7 Å². The summed E-state index contributed by atoms with van der Waals surface area (Å²) < 4.78 is 5.40. The Labute approximate surface area is 115 Å². The second-order valence-electron chi connectivity index (χ2n) is 4.99. The normalized spacial score (nSPS) is 15.5. The molecule has 0 heterocycles. The third kappa shape index (κ3) is 3.28. The third-order valence-electron chi connectivity index (χ3n) is 3.78. The van der Waals surface area contributed by atoms with Crippen LogP contribution in [0.5, 0.6) is 5.75 Å². The summed E-state index contributed by atoms with van der Waals surface area (Å²) in [6.07, 6.45) is 4.79. The van der Waals surface area contributed by atoms with Gasteiger partial charge < -0.3 is 9.64 Å². The van der Waals surface area contributed by atoms with Crippen molar-refractivity contribution in [2.24, 2.45) is 0 Å². The van der Waals surface area contributed by atoms with E-state index in [-0.39, 0.29) is 5.91 Å². The molecule has 1 aromatic rings. The van der Waals surface area contributed by atoms with E-state index in [4.69, 9.17) is 4.74 Å². The Kier molecular flexibility index (Phi) is 4.83. The van der Waals surface area contributed by atoms with Gasteiger partial charge in [0.25, 0.3) is 5.91 Å². The summed E-state index contributed by atoms with van der Waals surface area (Å²) in [5.41, 5.74) is 0.761. The van der Waals surface area contributed by atoms with Gasteiger partial charge in [-0.15, -0.1) is 0 Å². The average Bonchev–Trinajstić information content (AvgIpc) is 2.95. The minimum absolute atomic E-state index is 0.150. The molecular formula is C16H23NO2. The van der Waals surface area contributed by atoms with Crippen LogP contribution in [0, 0.1) is 0 Å². The monoisotopic (exact) mass is 261 g/mol.